The average Bonchev–Trinajstić information content (AvgIpc) is 1.27. The van der Waals surface area contributed by atoms with E-state index in [0.717, 1.165) is 6.92 Å². The van der Waals surface area contributed by atoms with Gasteiger partial charge in [0.1, 0.15) is 0 Å². The van der Waals surface area contributed by atoms with Crippen LogP contribution in [0.2, 0.25) is 0 Å². The third kappa shape index (κ3) is 4.94. The van der Waals surface area contributed by atoms with Crippen LogP contribution in [0.4, 0.5) is 0 Å². The van der Waals surface area contributed by atoms with Gasteiger partial charge < -0.3 is 5.11 Å². The molecule has 40 valence electrons. The second-order valence-electron chi connectivity index (χ2n) is 1.03. The third-order valence-corrected chi connectivity index (χ3v) is 0.287. The summed E-state index contributed by atoms with van der Waals surface area (Å²) < 4.78 is 0. The van der Waals surface area contributed by atoms with Gasteiger partial charge in [-0.15, -0.1) is 0 Å². The molecule has 0 amide bonds. The molecule has 0 heterocycles. The third-order valence-electron chi connectivity index (χ3n) is 0.287. The largest absolute Gasteiger partial charge is 0.871 e. The maximum atomic E-state index is 9.76. The lowest BCUT2D eigenvalue weighted by Crippen LogP contribution is -2.00. The van der Waals surface area contributed by atoms with Crippen LogP contribution in [0.15, 0.2) is 12.0 Å². The lowest BCUT2D eigenvalue weighted by atomic mass is 10.6. The first-order valence-electron chi connectivity index (χ1n) is 1.62. The molecule has 0 aromatic carbocycles. The number of nitrogens with zero attached hydrogens (tertiary/aromatic N) is 1. The number of allylic oxidation sites excluding steroid dienone is 1. The van der Waals surface area contributed by atoms with Crippen molar-refractivity contribution < 1.29 is 10.0 Å². The quantitative estimate of drug-likeness (QED) is 0.254. The Kier molecular flexibility index (Phi) is 1.84. The first-order valence-corrected chi connectivity index (χ1v) is 1.62. The van der Waals surface area contributed by atoms with E-state index in [4.69, 9.17) is 0 Å². The monoisotopic (exact) mass is 102 g/mol. The standard InChI is InChI=1S/C3H5NO3/c1-3(5)2-4(6)7/h2,5H,1H3/p-1/b3-2+. The molecule has 0 aromatic heterocycles. The molecule has 0 aliphatic carbocycles. The second kappa shape index (κ2) is 2.17. The maximum Gasteiger partial charge on any atom is 0.222 e. The molecule has 0 spiro atoms. The summed E-state index contributed by atoms with van der Waals surface area (Å²) in [5.41, 5.74) is 0. The Morgan fingerprint density at radius 3 is 2.29 bits per heavy atom. The molecule has 0 unspecified atom stereocenters. The smallest absolute Gasteiger partial charge is 0.222 e. The Morgan fingerprint density at radius 2 is 2.29 bits per heavy atom. The van der Waals surface area contributed by atoms with E-state index in [-0.39, 0.29) is 0 Å². The lowest BCUT2D eigenvalue weighted by Gasteiger charge is -1.93. The van der Waals surface area contributed by atoms with Gasteiger partial charge in [0.25, 0.3) is 0 Å². The highest BCUT2D eigenvalue weighted by atomic mass is 16.6. The Bertz CT molecular complexity index is 103. The molecule has 0 saturated carbocycles. The van der Waals surface area contributed by atoms with Crippen molar-refractivity contribution >= 4 is 0 Å². The zero-order valence-corrected chi connectivity index (χ0v) is 3.75. The number of rotatable bonds is 1. The number of hydrogen-bond donors (Lipinski definition) is 0. The van der Waals surface area contributed by atoms with E-state index < -0.39 is 10.7 Å². The molecule has 0 aromatic rings. The fourth-order valence-corrected chi connectivity index (χ4v) is 0.148. The minimum atomic E-state index is -0.775. The summed E-state index contributed by atoms with van der Waals surface area (Å²) in [7, 11) is 0. The molecule has 4 heteroatoms. The van der Waals surface area contributed by atoms with E-state index in [1.54, 1.807) is 0 Å². The molecular formula is C3H4NO3-. The predicted octanol–water partition coefficient (Wildman–Crippen LogP) is -0.515. The van der Waals surface area contributed by atoms with Gasteiger partial charge in [-0.2, -0.15) is 0 Å². The van der Waals surface area contributed by atoms with Crippen LogP contribution in [-0.4, -0.2) is 4.92 Å². The van der Waals surface area contributed by atoms with E-state index in [2.05, 4.69) is 0 Å². The normalized spacial score (nSPS) is 11.3. The van der Waals surface area contributed by atoms with Crippen LogP contribution in [-0.2, 0) is 0 Å². The fraction of sp³-hybridized carbons (Fsp3) is 0.333. The Hall–Kier alpha value is -1.06. The molecule has 0 bridgehead atoms. The predicted molar refractivity (Wildman–Crippen MR) is 20.8 cm³/mol. The summed E-state index contributed by atoms with van der Waals surface area (Å²) in [6.07, 6.45) is 0.417. The number of nitro groups is 1. The molecule has 0 atom stereocenters. The molecule has 7 heavy (non-hydrogen) atoms. The van der Waals surface area contributed by atoms with Gasteiger partial charge in [-0.05, 0) is 6.92 Å². The molecule has 0 N–H and O–H groups in total. The molecule has 0 fully saturated rings. The van der Waals surface area contributed by atoms with Crippen molar-refractivity contribution in [3.8, 4) is 0 Å². The van der Waals surface area contributed by atoms with Gasteiger partial charge in [0.2, 0.25) is 6.20 Å². The van der Waals surface area contributed by atoms with E-state index in [0.29, 0.717) is 6.20 Å². The van der Waals surface area contributed by atoms with E-state index in [1.807, 2.05) is 0 Å². The Balaban J connectivity index is 3.68. The van der Waals surface area contributed by atoms with E-state index >= 15 is 0 Å². The van der Waals surface area contributed by atoms with Gasteiger partial charge >= 0.3 is 0 Å². The highest BCUT2D eigenvalue weighted by molar-refractivity contribution is 4.72. The summed E-state index contributed by atoms with van der Waals surface area (Å²) in [6, 6.07) is 0. The lowest BCUT2D eigenvalue weighted by molar-refractivity contribution is -0.420. The molecule has 0 aliphatic rings. The Morgan fingerprint density at radius 1 is 1.86 bits per heavy atom. The molecule has 0 radical (unpaired) electrons. The van der Waals surface area contributed by atoms with Crippen molar-refractivity contribution in [2.75, 3.05) is 0 Å². The summed E-state index contributed by atoms with van der Waals surface area (Å²) in [6.45, 7) is 1.13. The maximum absolute atomic E-state index is 9.76. The highest BCUT2D eigenvalue weighted by Gasteiger charge is 1.78. The van der Waals surface area contributed by atoms with Crippen molar-refractivity contribution in [1.82, 2.24) is 0 Å². The van der Waals surface area contributed by atoms with Crippen LogP contribution in [0.25, 0.3) is 0 Å². The van der Waals surface area contributed by atoms with Crippen molar-refractivity contribution in [3.05, 3.63) is 22.1 Å². The van der Waals surface area contributed by atoms with Crippen LogP contribution < -0.4 is 5.11 Å². The van der Waals surface area contributed by atoms with Gasteiger partial charge in [-0.1, -0.05) is 5.76 Å². The molecule has 4 nitrogen and oxygen atoms in total. The Labute approximate surface area is 40.2 Å². The molecule has 0 aliphatic heterocycles. The van der Waals surface area contributed by atoms with E-state index in [1.165, 1.54) is 0 Å². The van der Waals surface area contributed by atoms with Crippen LogP contribution in [0.5, 0.6) is 0 Å². The summed E-state index contributed by atoms with van der Waals surface area (Å²) in [5.74, 6) is -0.537. The minimum absolute atomic E-state index is 0.417. The fourth-order valence-electron chi connectivity index (χ4n) is 0.148. The van der Waals surface area contributed by atoms with Crippen molar-refractivity contribution in [3.63, 3.8) is 0 Å². The number of hydrogen-bond acceptors (Lipinski definition) is 3. The second-order valence-corrected chi connectivity index (χ2v) is 1.03. The summed E-state index contributed by atoms with van der Waals surface area (Å²) in [5, 5.41) is 19.1. The van der Waals surface area contributed by atoms with Crippen LogP contribution in [0.3, 0.4) is 0 Å². The van der Waals surface area contributed by atoms with Crippen LogP contribution in [0.1, 0.15) is 6.92 Å². The SMILES string of the molecule is C/C([O-])=C\[N+](=O)[O-]. The summed E-state index contributed by atoms with van der Waals surface area (Å²) >= 11 is 0. The van der Waals surface area contributed by atoms with Crippen molar-refractivity contribution in [2.24, 2.45) is 0 Å². The molecular weight excluding hydrogens is 98.0 g/mol. The van der Waals surface area contributed by atoms with Gasteiger partial charge in [-0.25, -0.2) is 0 Å². The average molecular weight is 102 g/mol. The van der Waals surface area contributed by atoms with Crippen molar-refractivity contribution in [2.45, 2.75) is 6.92 Å². The van der Waals surface area contributed by atoms with Crippen LogP contribution >= 0.6 is 0 Å². The zero-order valence-electron chi connectivity index (χ0n) is 3.75. The van der Waals surface area contributed by atoms with Crippen LogP contribution in [0, 0.1) is 10.1 Å². The molecule has 0 rings (SSSR count). The van der Waals surface area contributed by atoms with Gasteiger partial charge in [0.05, 0.1) is 4.92 Å². The zero-order chi connectivity index (χ0) is 5.86. The van der Waals surface area contributed by atoms with Crippen molar-refractivity contribution in [1.29, 1.82) is 0 Å². The highest BCUT2D eigenvalue weighted by Crippen LogP contribution is 1.76. The van der Waals surface area contributed by atoms with Gasteiger partial charge in [-0.3, -0.25) is 10.1 Å². The summed E-state index contributed by atoms with van der Waals surface area (Å²) in [4.78, 5) is 8.56. The van der Waals surface area contributed by atoms with E-state index in [9.17, 15) is 15.2 Å². The molecule has 0 saturated heterocycles. The van der Waals surface area contributed by atoms with Gasteiger partial charge in [0, 0.05) is 0 Å². The first kappa shape index (κ1) is 5.94. The van der Waals surface area contributed by atoms with Gasteiger partial charge in [0.15, 0.2) is 0 Å². The first-order chi connectivity index (χ1) is 3.13. The minimum Gasteiger partial charge on any atom is -0.871 e. The topological polar surface area (TPSA) is 66.2 Å².